The van der Waals surface area contributed by atoms with Crippen LogP contribution < -0.4 is 14.4 Å². The quantitative estimate of drug-likeness (QED) is 0.825. The Bertz CT molecular complexity index is 894. The summed E-state index contributed by atoms with van der Waals surface area (Å²) in [5.41, 5.74) is 2.26. The van der Waals surface area contributed by atoms with Crippen molar-refractivity contribution < 1.29 is 17.9 Å². The molecule has 0 saturated carbocycles. The van der Waals surface area contributed by atoms with E-state index >= 15 is 0 Å². The number of rotatable bonds is 6. The van der Waals surface area contributed by atoms with Gasteiger partial charge in [0.15, 0.2) is 0 Å². The molecule has 6 nitrogen and oxygen atoms in total. The van der Waals surface area contributed by atoms with Crippen LogP contribution in [-0.2, 0) is 21.2 Å². The highest BCUT2D eigenvalue weighted by molar-refractivity contribution is 7.92. The fraction of sp³-hybridized carbons (Fsp3) is 0.350. The topological polar surface area (TPSA) is 75.7 Å². The first kappa shape index (κ1) is 19.2. The molecular formula is C20H24N2O4S. The highest BCUT2D eigenvalue weighted by Gasteiger charge is 2.26. The third kappa shape index (κ3) is 5.01. The van der Waals surface area contributed by atoms with Crippen LogP contribution in [0, 0.1) is 0 Å². The lowest BCUT2D eigenvalue weighted by atomic mass is 10.1. The molecule has 1 aliphatic rings. The van der Waals surface area contributed by atoms with Crippen molar-refractivity contribution >= 4 is 27.3 Å². The van der Waals surface area contributed by atoms with Gasteiger partial charge in [-0.25, -0.2) is 8.42 Å². The van der Waals surface area contributed by atoms with Gasteiger partial charge in [0.2, 0.25) is 15.9 Å². The van der Waals surface area contributed by atoms with Crippen molar-refractivity contribution in [1.29, 1.82) is 0 Å². The number of amides is 1. The molecule has 0 atom stereocenters. The number of benzene rings is 2. The minimum Gasteiger partial charge on any atom is -0.497 e. The number of hydrogen-bond donors (Lipinski definition) is 1. The highest BCUT2D eigenvalue weighted by atomic mass is 32.2. The first-order valence-corrected chi connectivity index (χ1v) is 10.6. The van der Waals surface area contributed by atoms with E-state index in [9.17, 15) is 13.2 Å². The molecule has 0 radical (unpaired) electrons. The number of methoxy groups -OCH3 is 1. The number of nitrogens with one attached hydrogen (secondary N) is 1. The van der Waals surface area contributed by atoms with Crippen molar-refractivity contribution in [3.63, 3.8) is 0 Å². The Balaban J connectivity index is 1.61. The van der Waals surface area contributed by atoms with Crippen LogP contribution in [0.4, 0.5) is 11.4 Å². The molecule has 0 unspecified atom stereocenters. The van der Waals surface area contributed by atoms with Crippen LogP contribution in [0.15, 0.2) is 48.5 Å². The zero-order valence-corrected chi connectivity index (χ0v) is 16.2. The number of hydrogen-bond acceptors (Lipinski definition) is 4. The number of aryl methyl sites for hydroxylation is 1. The maximum absolute atomic E-state index is 12.3. The summed E-state index contributed by atoms with van der Waals surface area (Å²) in [6.45, 7) is 0.483. The summed E-state index contributed by atoms with van der Waals surface area (Å²) in [7, 11) is -1.65. The Morgan fingerprint density at radius 1 is 1.15 bits per heavy atom. The van der Waals surface area contributed by atoms with E-state index in [4.69, 9.17) is 4.74 Å². The van der Waals surface area contributed by atoms with Crippen molar-refractivity contribution in [2.75, 3.05) is 29.0 Å². The Kier molecular flexibility index (Phi) is 6.01. The molecule has 0 bridgehead atoms. The number of ether oxygens (including phenoxy) is 1. The molecule has 1 fully saturated rings. The van der Waals surface area contributed by atoms with Gasteiger partial charge in [-0.05, 0) is 55.2 Å². The van der Waals surface area contributed by atoms with Crippen molar-refractivity contribution in [2.24, 2.45) is 0 Å². The molecule has 3 rings (SSSR count). The van der Waals surface area contributed by atoms with Crippen molar-refractivity contribution in [1.82, 2.24) is 0 Å². The summed E-state index contributed by atoms with van der Waals surface area (Å²) in [5, 5.41) is 2.86. The molecule has 0 aliphatic carbocycles. The van der Waals surface area contributed by atoms with Gasteiger partial charge in [0.1, 0.15) is 5.75 Å². The molecule has 2 aromatic carbocycles. The van der Waals surface area contributed by atoms with Gasteiger partial charge in [0.05, 0.1) is 18.6 Å². The summed E-state index contributed by atoms with van der Waals surface area (Å²) in [5.74, 6) is 0.850. The van der Waals surface area contributed by atoms with Gasteiger partial charge in [0, 0.05) is 18.7 Å². The predicted octanol–water partition coefficient (Wildman–Crippen LogP) is 3.20. The van der Waals surface area contributed by atoms with E-state index in [1.807, 2.05) is 24.3 Å². The third-order valence-corrected chi connectivity index (χ3v) is 6.44. The Morgan fingerprint density at radius 2 is 1.93 bits per heavy atom. The van der Waals surface area contributed by atoms with Crippen LogP contribution in [0.25, 0.3) is 0 Å². The van der Waals surface area contributed by atoms with E-state index in [1.54, 1.807) is 31.4 Å². The van der Waals surface area contributed by atoms with E-state index in [0.717, 1.165) is 17.7 Å². The van der Waals surface area contributed by atoms with Gasteiger partial charge in [-0.1, -0.05) is 18.2 Å². The van der Waals surface area contributed by atoms with Crippen LogP contribution in [0.1, 0.15) is 24.8 Å². The second kappa shape index (κ2) is 8.43. The van der Waals surface area contributed by atoms with Gasteiger partial charge in [-0.3, -0.25) is 9.10 Å². The van der Waals surface area contributed by atoms with Gasteiger partial charge in [-0.15, -0.1) is 0 Å². The van der Waals surface area contributed by atoms with E-state index < -0.39 is 10.0 Å². The summed E-state index contributed by atoms with van der Waals surface area (Å²) in [6, 6.07) is 14.6. The zero-order valence-electron chi connectivity index (χ0n) is 15.3. The fourth-order valence-electron chi connectivity index (χ4n) is 3.09. The fourth-order valence-corrected chi connectivity index (χ4v) is 4.72. The molecule has 1 aliphatic heterocycles. The Labute approximate surface area is 160 Å². The van der Waals surface area contributed by atoms with Gasteiger partial charge in [0.25, 0.3) is 0 Å². The maximum Gasteiger partial charge on any atom is 0.235 e. The van der Waals surface area contributed by atoms with E-state index in [2.05, 4.69) is 5.32 Å². The summed E-state index contributed by atoms with van der Waals surface area (Å²) in [4.78, 5) is 12.3. The molecule has 1 saturated heterocycles. The van der Waals surface area contributed by atoms with Crippen LogP contribution in [0.3, 0.4) is 0 Å². The zero-order chi connectivity index (χ0) is 19.3. The standard InChI is InChI=1S/C20H24N2O4S/c1-26-19-10-7-16(8-11-19)9-12-20(23)21-17-5-4-6-18(15-17)22-13-2-3-14-27(22,24)25/h4-8,10-11,15H,2-3,9,12-14H2,1H3,(H,21,23). The van der Waals surface area contributed by atoms with Crippen molar-refractivity contribution in [3.8, 4) is 5.75 Å². The lowest BCUT2D eigenvalue weighted by molar-refractivity contribution is -0.116. The predicted molar refractivity (Wildman–Crippen MR) is 107 cm³/mol. The minimum absolute atomic E-state index is 0.107. The van der Waals surface area contributed by atoms with Crippen LogP contribution in [-0.4, -0.2) is 33.7 Å². The van der Waals surface area contributed by atoms with E-state index in [1.165, 1.54) is 4.31 Å². The molecular weight excluding hydrogens is 364 g/mol. The number of anilines is 2. The van der Waals surface area contributed by atoms with Crippen LogP contribution >= 0.6 is 0 Å². The Hall–Kier alpha value is -2.54. The van der Waals surface area contributed by atoms with E-state index in [0.29, 0.717) is 37.2 Å². The normalized spacial score (nSPS) is 16.0. The second-order valence-electron chi connectivity index (χ2n) is 6.54. The Morgan fingerprint density at radius 3 is 2.63 bits per heavy atom. The van der Waals surface area contributed by atoms with Gasteiger partial charge >= 0.3 is 0 Å². The smallest absolute Gasteiger partial charge is 0.235 e. The number of carbonyl (C=O) groups excluding carboxylic acids is 1. The average Bonchev–Trinajstić information content (AvgIpc) is 2.66. The number of sulfonamides is 1. The molecule has 1 N–H and O–H groups in total. The lowest BCUT2D eigenvalue weighted by Gasteiger charge is -2.28. The second-order valence-corrected chi connectivity index (χ2v) is 8.55. The molecule has 2 aromatic rings. The van der Waals surface area contributed by atoms with Crippen LogP contribution in [0.2, 0.25) is 0 Å². The number of carbonyl (C=O) groups is 1. The van der Waals surface area contributed by atoms with E-state index in [-0.39, 0.29) is 11.7 Å². The lowest BCUT2D eigenvalue weighted by Crippen LogP contribution is -2.37. The van der Waals surface area contributed by atoms with Gasteiger partial charge < -0.3 is 10.1 Å². The largest absolute Gasteiger partial charge is 0.497 e. The van der Waals surface area contributed by atoms with Crippen LogP contribution in [0.5, 0.6) is 5.75 Å². The molecule has 7 heteroatoms. The minimum atomic E-state index is -3.26. The first-order chi connectivity index (χ1) is 13.0. The molecule has 0 spiro atoms. The third-order valence-electron chi connectivity index (χ3n) is 4.57. The number of nitrogens with zero attached hydrogens (tertiary/aromatic N) is 1. The molecule has 0 aromatic heterocycles. The summed E-state index contributed by atoms with van der Waals surface area (Å²) < 4.78 is 31.1. The summed E-state index contributed by atoms with van der Waals surface area (Å²) in [6.07, 6.45) is 2.51. The first-order valence-electron chi connectivity index (χ1n) is 9.01. The molecule has 144 valence electrons. The highest BCUT2D eigenvalue weighted by Crippen LogP contribution is 2.26. The summed E-state index contributed by atoms with van der Waals surface area (Å²) >= 11 is 0. The maximum atomic E-state index is 12.3. The molecule has 1 amide bonds. The molecule has 27 heavy (non-hydrogen) atoms. The van der Waals surface area contributed by atoms with Gasteiger partial charge in [-0.2, -0.15) is 0 Å². The van der Waals surface area contributed by atoms with Crippen molar-refractivity contribution in [3.05, 3.63) is 54.1 Å². The van der Waals surface area contributed by atoms with Crippen molar-refractivity contribution in [2.45, 2.75) is 25.7 Å². The monoisotopic (exact) mass is 388 g/mol. The molecule has 1 heterocycles. The SMILES string of the molecule is COc1ccc(CCC(=O)Nc2cccc(N3CCCCS3(=O)=O)c2)cc1. The average molecular weight is 388 g/mol.